The van der Waals surface area contributed by atoms with Gasteiger partial charge in [0.05, 0.1) is 12.2 Å². The highest BCUT2D eigenvalue weighted by atomic mass is 19.1. The van der Waals surface area contributed by atoms with Gasteiger partial charge in [-0.2, -0.15) is 9.78 Å². The van der Waals surface area contributed by atoms with Crippen molar-refractivity contribution < 1.29 is 19.0 Å². The Hall–Kier alpha value is -3.42. The molecular weight excluding hydrogens is 389 g/mol. The number of nitrogens with zero attached hydrogens (tertiary/aromatic N) is 3. The van der Waals surface area contributed by atoms with Crippen molar-refractivity contribution in [3.8, 4) is 11.4 Å². The van der Waals surface area contributed by atoms with Crippen LogP contribution >= 0.6 is 0 Å². The van der Waals surface area contributed by atoms with Crippen LogP contribution in [-0.4, -0.2) is 31.0 Å². The third-order valence-electron chi connectivity index (χ3n) is 4.85. The molecule has 1 N–H and O–H groups in total. The van der Waals surface area contributed by atoms with Gasteiger partial charge >= 0.3 is 11.7 Å². The van der Waals surface area contributed by atoms with Crippen LogP contribution in [-0.2, 0) is 11.3 Å². The number of benzene rings is 2. The highest BCUT2D eigenvalue weighted by Crippen LogP contribution is 2.29. The quantitative estimate of drug-likeness (QED) is 0.669. The van der Waals surface area contributed by atoms with Crippen LogP contribution in [0.5, 0.6) is 5.75 Å². The van der Waals surface area contributed by atoms with Gasteiger partial charge in [0.2, 0.25) is 0 Å². The summed E-state index contributed by atoms with van der Waals surface area (Å²) in [5, 5.41) is 13.6. The maximum atomic E-state index is 13.2. The number of aryl methyl sites for hydroxylation is 3. The summed E-state index contributed by atoms with van der Waals surface area (Å²) in [4.78, 5) is 24.2. The van der Waals surface area contributed by atoms with E-state index in [9.17, 15) is 19.1 Å². The Kier molecular flexibility index (Phi) is 5.52. The van der Waals surface area contributed by atoms with E-state index in [4.69, 9.17) is 4.74 Å². The number of hydrogen-bond acceptors (Lipinski definition) is 4. The summed E-state index contributed by atoms with van der Waals surface area (Å²) < 4.78 is 21.7. The second-order valence-corrected chi connectivity index (χ2v) is 7.78. The van der Waals surface area contributed by atoms with Crippen molar-refractivity contribution in [2.45, 2.75) is 46.8 Å². The van der Waals surface area contributed by atoms with Gasteiger partial charge in [-0.05, 0) is 75.6 Å². The molecular formula is C22H24FN3O4. The lowest BCUT2D eigenvalue weighted by molar-refractivity contribution is -0.152. The Labute approximate surface area is 173 Å². The van der Waals surface area contributed by atoms with E-state index in [1.54, 1.807) is 6.92 Å². The first-order valence-corrected chi connectivity index (χ1v) is 9.44. The van der Waals surface area contributed by atoms with Gasteiger partial charge in [0.1, 0.15) is 17.4 Å². The predicted molar refractivity (Wildman–Crippen MR) is 110 cm³/mol. The third kappa shape index (κ3) is 4.12. The number of carbonyl (C=O) groups is 1. The zero-order valence-electron chi connectivity index (χ0n) is 17.6. The summed E-state index contributed by atoms with van der Waals surface area (Å²) in [7, 11) is 0. The summed E-state index contributed by atoms with van der Waals surface area (Å²) in [5.74, 6) is -0.410. The standard InChI is InChI=1S/C22H24FN3O4/c1-13-10-16(11-14(2)19(13)30-22(4,5)20(27)28)12-25-15(3)24-26(21(25)29)18-8-6-17(23)7-9-18/h6-11H,12H2,1-5H3,(H,27,28). The molecule has 3 aromatic rings. The minimum atomic E-state index is -1.36. The number of aliphatic carboxylic acids is 1. The van der Waals surface area contributed by atoms with Crippen molar-refractivity contribution >= 4 is 5.97 Å². The van der Waals surface area contributed by atoms with Crippen LogP contribution < -0.4 is 10.4 Å². The monoisotopic (exact) mass is 413 g/mol. The molecule has 1 heterocycles. The van der Waals surface area contributed by atoms with Gasteiger partial charge in [-0.1, -0.05) is 12.1 Å². The summed E-state index contributed by atoms with van der Waals surface area (Å²) in [5.41, 5.74) is 1.19. The van der Waals surface area contributed by atoms with Crippen LogP contribution in [0.1, 0.15) is 36.4 Å². The lowest BCUT2D eigenvalue weighted by atomic mass is 10.0. The van der Waals surface area contributed by atoms with Crippen LogP contribution in [0.15, 0.2) is 41.2 Å². The maximum absolute atomic E-state index is 13.2. The molecule has 0 spiro atoms. The van der Waals surface area contributed by atoms with Gasteiger partial charge in [0, 0.05) is 0 Å². The van der Waals surface area contributed by atoms with Gasteiger partial charge in [0.15, 0.2) is 5.60 Å². The van der Waals surface area contributed by atoms with Crippen LogP contribution in [0.2, 0.25) is 0 Å². The van der Waals surface area contributed by atoms with E-state index in [1.165, 1.54) is 47.4 Å². The Morgan fingerprint density at radius 2 is 1.70 bits per heavy atom. The van der Waals surface area contributed by atoms with E-state index >= 15 is 0 Å². The number of ether oxygens (including phenoxy) is 1. The van der Waals surface area contributed by atoms with E-state index in [2.05, 4.69) is 5.10 Å². The number of aromatic nitrogens is 3. The maximum Gasteiger partial charge on any atom is 0.351 e. The molecule has 0 atom stereocenters. The Morgan fingerprint density at radius 3 is 2.23 bits per heavy atom. The average molecular weight is 413 g/mol. The molecule has 0 unspecified atom stereocenters. The Morgan fingerprint density at radius 1 is 1.13 bits per heavy atom. The minimum absolute atomic E-state index is 0.288. The molecule has 1 aromatic heterocycles. The molecule has 7 nitrogen and oxygen atoms in total. The van der Waals surface area contributed by atoms with Crippen LogP contribution in [0.4, 0.5) is 4.39 Å². The molecule has 0 bridgehead atoms. The van der Waals surface area contributed by atoms with Crippen molar-refractivity contribution in [3.63, 3.8) is 0 Å². The molecule has 0 saturated heterocycles. The fraction of sp³-hybridized carbons (Fsp3) is 0.318. The molecule has 0 aliphatic carbocycles. The van der Waals surface area contributed by atoms with Crippen molar-refractivity contribution in [1.82, 2.24) is 14.3 Å². The topological polar surface area (TPSA) is 86.4 Å². The highest BCUT2D eigenvalue weighted by Gasteiger charge is 2.30. The molecule has 0 aliphatic rings. The first kappa shape index (κ1) is 21.3. The van der Waals surface area contributed by atoms with Crippen molar-refractivity contribution in [3.05, 3.63) is 75.2 Å². The number of carboxylic acids is 1. The van der Waals surface area contributed by atoms with E-state index in [0.29, 0.717) is 17.3 Å². The normalized spacial score (nSPS) is 11.5. The van der Waals surface area contributed by atoms with Gasteiger partial charge in [-0.25, -0.2) is 14.0 Å². The van der Waals surface area contributed by atoms with E-state index < -0.39 is 11.6 Å². The third-order valence-corrected chi connectivity index (χ3v) is 4.85. The van der Waals surface area contributed by atoms with E-state index in [1.807, 2.05) is 26.0 Å². The van der Waals surface area contributed by atoms with Crippen LogP contribution in [0, 0.1) is 26.6 Å². The first-order chi connectivity index (χ1) is 14.0. The lowest BCUT2D eigenvalue weighted by Gasteiger charge is -2.24. The molecule has 0 amide bonds. The Balaban J connectivity index is 1.93. The smallest absolute Gasteiger partial charge is 0.351 e. The number of halogens is 1. The highest BCUT2D eigenvalue weighted by molar-refractivity contribution is 5.77. The van der Waals surface area contributed by atoms with Gasteiger partial charge in [0.25, 0.3) is 0 Å². The molecule has 3 rings (SSSR count). The second kappa shape index (κ2) is 7.78. The number of hydrogen-bond donors (Lipinski definition) is 1. The fourth-order valence-corrected chi connectivity index (χ4v) is 3.20. The molecule has 158 valence electrons. The number of rotatable bonds is 6. The van der Waals surface area contributed by atoms with Gasteiger partial charge in [-0.15, -0.1) is 0 Å². The average Bonchev–Trinajstić information content (AvgIpc) is 2.93. The van der Waals surface area contributed by atoms with Gasteiger partial charge in [-0.3, -0.25) is 4.57 Å². The first-order valence-electron chi connectivity index (χ1n) is 9.44. The number of carboxylic acid groups (broad SMARTS) is 1. The summed E-state index contributed by atoms with van der Waals surface area (Å²) >= 11 is 0. The van der Waals surface area contributed by atoms with Crippen molar-refractivity contribution in [2.24, 2.45) is 0 Å². The molecule has 0 fully saturated rings. The van der Waals surface area contributed by atoms with Crippen LogP contribution in [0.25, 0.3) is 5.69 Å². The largest absolute Gasteiger partial charge is 0.478 e. The minimum Gasteiger partial charge on any atom is -0.478 e. The molecule has 8 heteroatoms. The van der Waals surface area contributed by atoms with Gasteiger partial charge < -0.3 is 9.84 Å². The summed E-state index contributed by atoms with van der Waals surface area (Å²) in [6.45, 7) is 8.68. The summed E-state index contributed by atoms with van der Waals surface area (Å²) in [6, 6.07) is 9.28. The summed E-state index contributed by atoms with van der Waals surface area (Å²) in [6.07, 6.45) is 0. The molecule has 0 aliphatic heterocycles. The zero-order chi connectivity index (χ0) is 22.2. The Bertz CT molecular complexity index is 1140. The van der Waals surface area contributed by atoms with Crippen molar-refractivity contribution in [2.75, 3.05) is 0 Å². The van der Waals surface area contributed by atoms with E-state index in [0.717, 1.165) is 16.7 Å². The molecule has 2 aromatic carbocycles. The van der Waals surface area contributed by atoms with Crippen LogP contribution in [0.3, 0.4) is 0 Å². The van der Waals surface area contributed by atoms with E-state index in [-0.39, 0.29) is 18.1 Å². The molecule has 30 heavy (non-hydrogen) atoms. The van der Waals surface area contributed by atoms with Crippen molar-refractivity contribution in [1.29, 1.82) is 0 Å². The molecule has 0 radical (unpaired) electrons. The predicted octanol–water partition coefficient (Wildman–Crippen LogP) is 3.39. The second-order valence-electron chi connectivity index (χ2n) is 7.78. The lowest BCUT2D eigenvalue weighted by Crippen LogP contribution is -2.38. The fourth-order valence-electron chi connectivity index (χ4n) is 3.20. The zero-order valence-corrected chi connectivity index (χ0v) is 17.6. The SMILES string of the molecule is Cc1cc(Cn2c(C)nn(-c3ccc(F)cc3)c2=O)cc(C)c1OC(C)(C)C(=O)O. The molecule has 0 saturated carbocycles.